The summed E-state index contributed by atoms with van der Waals surface area (Å²) in [5.41, 5.74) is 8.63. The molecule has 1 heterocycles. The maximum Gasteiger partial charge on any atom is 0.169 e. The molecule has 0 saturated carbocycles. The molecule has 0 fully saturated rings. The molecule has 0 aliphatic heterocycles. The summed E-state index contributed by atoms with van der Waals surface area (Å²) >= 11 is 0. The summed E-state index contributed by atoms with van der Waals surface area (Å²) < 4.78 is 2.00. The van der Waals surface area contributed by atoms with Crippen LogP contribution in [0.1, 0.15) is 11.1 Å². The maximum absolute atomic E-state index is 9.07. The summed E-state index contributed by atoms with van der Waals surface area (Å²) in [4.78, 5) is 1.96. The average molecular weight is 619 g/mol. The molecule has 0 bridgehead atoms. The number of aromatic nitrogens is 1. The Morgan fingerprint density at radius 3 is 1.17 bits per heavy atom. The highest BCUT2D eigenvalue weighted by Crippen LogP contribution is 2.16. The summed E-state index contributed by atoms with van der Waals surface area (Å²) in [6.07, 6.45) is 6.97. The summed E-state index contributed by atoms with van der Waals surface area (Å²) in [6, 6.07) is 55.8. The second-order valence-electron chi connectivity index (χ2n) is 11.7. The molecule has 0 radical (unpaired) electrons. The van der Waals surface area contributed by atoms with Crippen LogP contribution in [0, 0.1) is 0 Å². The summed E-state index contributed by atoms with van der Waals surface area (Å²) in [5.74, 6) is 0. The minimum Gasteiger partial charge on any atom is -0.395 e. The van der Waals surface area contributed by atoms with Gasteiger partial charge in [0.2, 0.25) is 0 Å². The Morgan fingerprint density at radius 1 is 0.489 bits per heavy atom. The molecule has 4 nitrogen and oxygen atoms in total. The van der Waals surface area contributed by atoms with Crippen LogP contribution in [0.5, 0.6) is 0 Å². The Kier molecular flexibility index (Phi) is 11.9. The first-order chi connectivity index (χ1) is 23.1. The van der Waals surface area contributed by atoms with E-state index in [-0.39, 0.29) is 13.2 Å². The zero-order valence-corrected chi connectivity index (χ0v) is 27.0. The van der Waals surface area contributed by atoms with Crippen molar-refractivity contribution in [1.29, 1.82) is 0 Å². The quantitative estimate of drug-likeness (QED) is 0.166. The normalized spacial score (nSPS) is 11.1. The number of aliphatic hydroxyl groups excluding tert-OH is 2. The van der Waals surface area contributed by atoms with Crippen molar-refractivity contribution < 1.29 is 14.8 Å². The molecule has 0 saturated heterocycles. The third-order valence-electron chi connectivity index (χ3n) is 8.67. The van der Waals surface area contributed by atoms with E-state index in [1.165, 1.54) is 21.9 Å². The van der Waals surface area contributed by atoms with E-state index in [9.17, 15) is 0 Å². The number of pyridine rings is 1. The van der Waals surface area contributed by atoms with E-state index in [1.807, 2.05) is 53.2 Å². The molecule has 0 atom stereocenters. The molecule has 2 N–H and O–H groups in total. The predicted octanol–water partition coefficient (Wildman–Crippen LogP) is 4.54. The van der Waals surface area contributed by atoms with Crippen LogP contribution in [0.25, 0.3) is 12.2 Å². The number of hydrogen-bond acceptors (Lipinski definition) is 3. The lowest BCUT2D eigenvalue weighted by molar-refractivity contribution is -0.671. The lowest BCUT2D eigenvalue weighted by Crippen LogP contribution is -2.74. The molecular weight excluding hydrogens is 575 g/mol. The van der Waals surface area contributed by atoms with Crippen LogP contribution in [-0.2, 0) is 7.05 Å². The van der Waals surface area contributed by atoms with E-state index >= 15 is 0 Å². The summed E-state index contributed by atoms with van der Waals surface area (Å²) in [6.45, 7) is 1.20. The van der Waals surface area contributed by atoms with Crippen molar-refractivity contribution in [3.63, 3.8) is 0 Å². The Hall–Kier alpha value is -5.23. The number of rotatable bonds is 11. The van der Waals surface area contributed by atoms with Gasteiger partial charge in [0, 0.05) is 30.9 Å². The van der Waals surface area contributed by atoms with Gasteiger partial charge in [-0.3, -0.25) is 0 Å². The van der Waals surface area contributed by atoms with Crippen LogP contribution in [0.4, 0.5) is 5.69 Å². The highest BCUT2D eigenvalue weighted by Gasteiger charge is 2.31. The zero-order valence-electron chi connectivity index (χ0n) is 27.0. The molecule has 0 amide bonds. The molecule has 0 unspecified atom stereocenters. The largest absolute Gasteiger partial charge is 0.395 e. The third-order valence-corrected chi connectivity index (χ3v) is 8.67. The van der Waals surface area contributed by atoms with Crippen molar-refractivity contribution in [1.82, 2.24) is 0 Å². The molecule has 5 heteroatoms. The van der Waals surface area contributed by atoms with Gasteiger partial charge in [0.1, 0.15) is 13.2 Å². The molecule has 6 rings (SSSR count). The second kappa shape index (κ2) is 16.9. The van der Waals surface area contributed by atoms with Gasteiger partial charge in [-0.25, -0.2) is 4.57 Å². The van der Waals surface area contributed by atoms with Gasteiger partial charge in [0.05, 0.1) is 13.2 Å². The fourth-order valence-electron chi connectivity index (χ4n) is 6.35. The van der Waals surface area contributed by atoms with Gasteiger partial charge in [-0.2, -0.15) is 21.9 Å². The third kappa shape index (κ3) is 8.33. The molecule has 0 aliphatic carbocycles. The number of hydrogen-bond donors (Lipinski definition) is 2. The number of benzene rings is 5. The first kappa shape index (κ1) is 33.1. The van der Waals surface area contributed by atoms with Crippen LogP contribution in [0.3, 0.4) is 0 Å². The van der Waals surface area contributed by atoms with E-state index in [0.717, 1.165) is 16.8 Å². The Morgan fingerprint density at radius 2 is 0.830 bits per heavy atom. The Balaban J connectivity index is 0.000000186. The van der Waals surface area contributed by atoms with Gasteiger partial charge in [-0.1, -0.05) is 146 Å². The highest BCUT2D eigenvalue weighted by atomic mass is 16.3. The van der Waals surface area contributed by atoms with Crippen molar-refractivity contribution in [3.05, 3.63) is 181 Å². The predicted molar refractivity (Wildman–Crippen MR) is 199 cm³/mol. The maximum atomic E-state index is 9.07. The van der Waals surface area contributed by atoms with E-state index in [4.69, 9.17) is 10.2 Å². The van der Waals surface area contributed by atoms with Crippen molar-refractivity contribution in [2.75, 3.05) is 31.2 Å². The monoisotopic (exact) mass is 618 g/mol. The second-order valence-corrected chi connectivity index (χ2v) is 11.7. The molecule has 0 spiro atoms. The van der Waals surface area contributed by atoms with Crippen molar-refractivity contribution in [2.45, 2.75) is 0 Å². The minimum atomic E-state index is -1.22. The molecular formula is C42H43BN2O2. The zero-order chi connectivity index (χ0) is 32.7. The van der Waals surface area contributed by atoms with Gasteiger partial charge < -0.3 is 15.1 Å². The lowest BCUT2D eigenvalue weighted by atomic mass is 9.13. The number of aliphatic hydroxyl groups is 2. The van der Waals surface area contributed by atoms with Gasteiger partial charge >= 0.3 is 0 Å². The van der Waals surface area contributed by atoms with E-state index in [1.54, 1.807) is 0 Å². The standard InChI is InChI=1S/C24H20B.C18H23N2O2/c1-5-13-21(14-6-1)25(22-15-7-2-8-16-22,23-17-9-3-10-18-23)24-19-11-4-12-20-24;1-19-10-8-17(9-11-19)3-2-16-4-6-18(7-5-16)20(12-14-21)13-15-22/h1-20H;2-11,21-22H,12-15H2,1H3/q-1;+1. The smallest absolute Gasteiger partial charge is 0.169 e. The number of anilines is 1. The summed E-state index contributed by atoms with van der Waals surface area (Å²) in [7, 11) is 2.00. The molecule has 0 aliphatic rings. The van der Waals surface area contributed by atoms with E-state index in [0.29, 0.717) is 13.1 Å². The average Bonchev–Trinajstić information content (AvgIpc) is 3.14. The van der Waals surface area contributed by atoms with Crippen LogP contribution in [-0.4, -0.2) is 42.7 Å². The first-order valence-electron chi connectivity index (χ1n) is 16.2. The Bertz CT molecular complexity index is 1610. The highest BCUT2D eigenvalue weighted by molar-refractivity contribution is 7.19. The molecule has 236 valence electrons. The molecule has 5 aromatic carbocycles. The van der Waals surface area contributed by atoms with Crippen LogP contribution in [0.2, 0.25) is 0 Å². The SMILES string of the molecule is C[n+]1ccc(/C=C/c2ccc(N(CCO)CCO)cc2)cc1.c1ccc([B-](c2ccccc2)(c2ccccc2)c2ccccc2)cc1. The van der Waals surface area contributed by atoms with Crippen molar-refractivity contribution >= 4 is 45.8 Å². The van der Waals surface area contributed by atoms with E-state index in [2.05, 4.69) is 146 Å². The van der Waals surface area contributed by atoms with E-state index < -0.39 is 6.15 Å². The molecule has 1 aromatic heterocycles. The van der Waals surface area contributed by atoms with Crippen LogP contribution < -0.4 is 31.3 Å². The van der Waals surface area contributed by atoms with Crippen molar-refractivity contribution in [2.24, 2.45) is 7.05 Å². The topological polar surface area (TPSA) is 47.6 Å². The minimum absolute atomic E-state index is 0.0765. The van der Waals surface area contributed by atoms with Gasteiger partial charge in [-0.05, 0) is 23.3 Å². The first-order valence-corrected chi connectivity index (χ1v) is 16.2. The van der Waals surface area contributed by atoms with Crippen molar-refractivity contribution in [3.8, 4) is 0 Å². The fourth-order valence-corrected chi connectivity index (χ4v) is 6.35. The molecule has 47 heavy (non-hydrogen) atoms. The van der Waals surface area contributed by atoms with Gasteiger partial charge in [-0.15, -0.1) is 0 Å². The number of aryl methyl sites for hydroxylation is 1. The van der Waals surface area contributed by atoms with Crippen LogP contribution in [0.15, 0.2) is 170 Å². The Labute approximate surface area is 279 Å². The summed E-state index contributed by atoms with van der Waals surface area (Å²) in [5, 5.41) is 18.1. The molecule has 6 aromatic rings. The lowest BCUT2D eigenvalue weighted by Gasteiger charge is -2.44. The van der Waals surface area contributed by atoms with Gasteiger partial charge in [0.15, 0.2) is 12.4 Å². The van der Waals surface area contributed by atoms with Gasteiger partial charge in [0.25, 0.3) is 0 Å². The number of nitrogens with zero attached hydrogens (tertiary/aromatic N) is 2. The van der Waals surface area contributed by atoms with Crippen LogP contribution >= 0.6 is 0 Å². The fraction of sp³-hybridized carbons (Fsp3) is 0.119.